The molecule has 0 N–H and O–H groups in total. The minimum absolute atomic E-state index is 0.0678. The average Bonchev–Trinajstić information content (AvgIpc) is 3.22. The van der Waals surface area contributed by atoms with Crippen LogP contribution in [0.3, 0.4) is 0 Å². The summed E-state index contributed by atoms with van der Waals surface area (Å²) >= 11 is 0. The van der Waals surface area contributed by atoms with Gasteiger partial charge in [-0.05, 0) is 36.8 Å². The molecule has 0 bridgehead atoms. The van der Waals surface area contributed by atoms with Crippen molar-refractivity contribution in [1.29, 1.82) is 0 Å². The van der Waals surface area contributed by atoms with Crippen LogP contribution in [-0.2, 0) is 20.1 Å². The summed E-state index contributed by atoms with van der Waals surface area (Å²) in [7, 11) is 1.74. The second-order valence-electron chi connectivity index (χ2n) is 7.81. The Balaban J connectivity index is 1.64. The normalized spacial score (nSPS) is 11.3. The Morgan fingerprint density at radius 2 is 1.55 bits per heavy atom. The Kier molecular flexibility index (Phi) is 4.75. The maximum Gasteiger partial charge on any atom is 0.262 e. The second-order valence-corrected chi connectivity index (χ2v) is 7.81. The molecule has 0 saturated heterocycles. The van der Waals surface area contributed by atoms with Crippen LogP contribution in [-0.4, -0.2) is 19.2 Å². The van der Waals surface area contributed by atoms with Gasteiger partial charge in [-0.1, -0.05) is 60.2 Å². The zero-order valence-corrected chi connectivity index (χ0v) is 17.6. The number of nitrogens with zero attached hydrogens (tertiary/aromatic N) is 5. The highest BCUT2D eigenvalue weighted by molar-refractivity contribution is 5.80. The lowest BCUT2D eigenvalue weighted by atomic mass is 10.1. The molecule has 0 aliphatic carbocycles. The third-order valence-corrected chi connectivity index (χ3v) is 5.64. The fourth-order valence-corrected chi connectivity index (χ4v) is 3.96. The van der Waals surface area contributed by atoms with Crippen molar-refractivity contribution in [3.63, 3.8) is 0 Å². The summed E-state index contributed by atoms with van der Waals surface area (Å²) in [6, 6.07) is 26.5. The molecule has 154 valence electrons. The van der Waals surface area contributed by atoms with E-state index < -0.39 is 0 Å². The molecular weight excluding hydrogens is 386 g/mol. The Morgan fingerprint density at radius 1 is 0.839 bits per heavy atom. The third kappa shape index (κ3) is 3.46. The van der Waals surface area contributed by atoms with E-state index in [1.807, 2.05) is 34.7 Å². The van der Waals surface area contributed by atoms with Crippen molar-refractivity contribution in [2.45, 2.75) is 20.0 Å². The minimum atomic E-state index is -0.0678. The van der Waals surface area contributed by atoms with E-state index in [2.05, 4.69) is 70.6 Å². The van der Waals surface area contributed by atoms with Crippen molar-refractivity contribution >= 4 is 22.4 Å². The van der Waals surface area contributed by atoms with Gasteiger partial charge in [-0.3, -0.25) is 13.8 Å². The summed E-state index contributed by atoms with van der Waals surface area (Å²) < 4.78 is 3.55. The Hall–Kier alpha value is -3.93. The van der Waals surface area contributed by atoms with Crippen LogP contribution in [0, 0.1) is 6.92 Å². The van der Waals surface area contributed by atoms with Gasteiger partial charge in [0.25, 0.3) is 5.56 Å². The Labute approximate surface area is 180 Å². The number of hydrogen-bond donors (Lipinski definition) is 0. The number of rotatable bonds is 5. The fourth-order valence-electron chi connectivity index (χ4n) is 3.96. The first-order valence-corrected chi connectivity index (χ1v) is 10.3. The fraction of sp³-hybridized carbons (Fsp3) is 0.160. The van der Waals surface area contributed by atoms with Gasteiger partial charge in [0.05, 0.1) is 17.4 Å². The maximum absolute atomic E-state index is 12.7. The maximum atomic E-state index is 12.7. The van der Waals surface area contributed by atoms with Gasteiger partial charge in [0.15, 0.2) is 5.82 Å². The van der Waals surface area contributed by atoms with Crippen molar-refractivity contribution in [3.8, 4) is 0 Å². The summed E-state index contributed by atoms with van der Waals surface area (Å²) in [5.41, 5.74) is 4.30. The smallest absolute Gasteiger partial charge is 0.262 e. The first-order valence-electron chi connectivity index (χ1n) is 10.3. The molecule has 0 atom stereocenters. The van der Waals surface area contributed by atoms with E-state index in [1.54, 1.807) is 11.6 Å². The molecule has 0 aliphatic heterocycles. The molecule has 0 amide bonds. The van der Waals surface area contributed by atoms with Gasteiger partial charge in [0.1, 0.15) is 0 Å². The summed E-state index contributed by atoms with van der Waals surface area (Å²) in [6.07, 6.45) is 0. The quantitative estimate of drug-likeness (QED) is 0.439. The van der Waals surface area contributed by atoms with E-state index >= 15 is 0 Å². The Bertz CT molecular complexity index is 1420. The van der Waals surface area contributed by atoms with Gasteiger partial charge >= 0.3 is 0 Å². The minimum Gasteiger partial charge on any atom is -0.360 e. The van der Waals surface area contributed by atoms with Gasteiger partial charge in [0, 0.05) is 19.3 Å². The third-order valence-electron chi connectivity index (χ3n) is 5.64. The number of aromatic nitrogens is 4. The lowest BCUT2D eigenvalue weighted by molar-refractivity contribution is 0.749. The van der Waals surface area contributed by atoms with Crippen LogP contribution in [0.1, 0.15) is 17.0 Å². The van der Waals surface area contributed by atoms with Crippen molar-refractivity contribution < 1.29 is 0 Å². The van der Waals surface area contributed by atoms with E-state index in [4.69, 9.17) is 0 Å². The molecule has 5 rings (SSSR count). The first-order chi connectivity index (χ1) is 15.1. The van der Waals surface area contributed by atoms with Crippen LogP contribution in [0.25, 0.3) is 16.7 Å². The number of aryl methyl sites for hydroxylation is 2. The molecule has 3 aromatic carbocycles. The predicted molar refractivity (Wildman–Crippen MR) is 123 cm³/mol. The lowest BCUT2D eigenvalue weighted by Crippen LogP contribution is -2.25. The summed E-state index contributed by atoms with van der Waals surface area (Å²) in [4.78, 5) is 15.0. The molecule has 0 aliphatic rings. The van der Waals surface area contributed by atoms with Crippen LogP contribution in [0.4, 0.5) is 5.69 Å². The number of hydrogen-bond acceptors (Lipinski definition) is 4. The predicted octanol–water partition coefficient (Wildman–Crippen LogP) is 4.10. The summed E-state index contributed by atoms with van der Waals surface area (Å²) in [6.45, 7) is 3.38. The standard InChI is InChI=1S/C25H23N5O/c1-18-12-14-20(15-13-18)29(16-19-8-4-3-5-9-19)17-23-26-27-25-28(2)24(31)21-10-6-7-11-22(21)30(23)25/h3-15H,16-17H2,1-2H3. The van der Waals surface area contributed by atoms with Crippen LogP contribution < -0.4 is 10.5 Å². The highest BCUT2D eigenvalue weighted by Gasteiger charge is 2.17. The molecule has 31 heavy (non-hydrogen) atoms. The molecule has 0 unspecified atom stereocenters. The Morgan fingerprint density at radius 3 is 2.32 bits per heavy atom. The van der Waals surface area contributed by atoms with Crippen LogP contribution in [0.15, 0.2) is 83.7 Å². The highest BCUT2D eigenvalue weighted by atomic mass is 16.1. The van der Waals surface area contributed by atoms with Gasteiger partial charge < -0.3 is 4.90 Å². The van der Waals surface area contributed by atoms with Gasteiger partial charge in [-0.2, -0.15) is 0 Å². The second kappa shape index (κ2) is 7.72. The molecular formula is C25H23N5O. The topological polar surface area (TPSA) is 55.4 Å². The number of anilines is 1. The lowest BCUT2D eigenvalue weighted by Gasteiger charge is -2.24. The average molecular weight is 409 g/mol. The molecule has 0 fully saturated rings. The highest BCUT2D eigenvalue weighted by Crippen LogP contribution is 2.22. The van der Waals surface area contributed by atoms with Crippen molar-refractivity contribution in [3.05, 3.63) is 106 Å². The van der Waals surface area contributed by atoms with Gasteiger partial charge in [-0.15, -0.1) is 10.2 Å². The first kappa shape index (κ1) is 19.1. The van der Waals surface area contributed by atoms with E-state index in [1.165, 1.54) is 11.1 Å². The van der Waals surface area contributed by atoms with Crippen LogP contribution >= 0.6 is 0 Å². The molecule has 2 heterocycles. The van der Waals surface area contributed by atoms with Crippen LogP contribution in [0.2, 0.25) is 0 Å². The molecule has 2 aromatic heterocycles. The molecule has 5 aromatic rings. The van der Waals surface area contributed by atoms with E-state index in [9.17, 15) is 4.79 Å². The molecule has 6 heteroatoms. The van der Waals surface area contributed by atoms with Gasteiger partial charge in [-0.25, -0.2) is 0 Å². The monoisotopic (exact) mass is 409 g/mol. The van der Waals surface area contributed by atoms with Crippen molar-refractivity contribution in [2.75, 3.05) is 4.90 Å². The zero-order valence-electron chi connectivity index (χ0n) is 17.6. The number of para-hydroxylation sites is 1. The zero-order chi connectivity index (χ0) is 21.4. The summed E-state index contributed by atoms with van der Waals surface area (Å²) in [5, 5.41) is 9.49. The largest absolute Gasteiger partial charge is 0.360 e. The summed E-state index contributed by atoms with van der Waals surface area (Å²) in [5.74, 6) is 1.33. The van der Waals surface area contributed by atoms with Gasteiger partial charge in [0.2, 0.25) is 5.78 Å². The molecule has 6 nitrogen and oxygen atoms in total. The SMILES string of the molecule is Cc1ccc(N(Cc2ccccc2)Cc2nnc3n(C)c(=O)c4ccccc4n23)cc1. The van der Waals surface area contributed by atoms with Crippen molar-refractivity contribution in [2.24, 2.45) is 7.05 Å². The molecule has 0 saturated carbocycles. The van der Waals surface area contributed by atoms with Crippen LogP contribution in [0.5, 0.6) is 0 Å². The number of fused-ring (bicyclic) bond motifs is 3. The number of benzene rings is 3. The van der Waals surface area contributed by atoms with E-state index in [0.717, 1.165) is 23.6 Å². The van der Waals surface area contributed by atoms with Crippen molar-refractivity contribution in [1.82, 2.24) is 19.2 Å². The molecule has 0 radical (unpaired) electrons. The van der Waals surface area contributed by atoms with E-state index in [-0.39, 0.29) is 5.56 Å². The van der Waals surface area contributed by atoms with E-state index in [0.29, 0.717) is 17.7 Å². The molecule has 0 spiro atoms.